The molecular weight excluding hydrogens is 328 g/mol. The van der Waals surface area contributed by atoms with Gasteiger partial charge in [0.2, 0.25) is 0 Å². The Kier molecular flexibility index (Phi) is 5.38. The van der Waals surface area contributed by atoms with Gasteiger partial charge in [0, 0.05) is 12.7 Å². The van der Waals surface area contributed by atoms with E-state index in [1.165, 1.54) is 4.90 Å². The summed E-state index contributed by atoms with van der Waals surface area (Å²) in [5, 5.41) is 4.83. The molecule has 0 N–H and O–H groups in total. The van der Waals surface area contributed by atoms with Gasteiger partial charge >= 0.3 is 5.97 Å². The Morgan fingerprint density at radius 2 is 2.04 bits per heavy atom. The van der Waals surface area contributed by atoms with Gasteiger partial charge in [0.25, 0.3) is 5.91 Å². The Morgan fingerprint density at radius 3 is 2.58 bits per heavy atom. The van der Waals surface area contributed by atoms with Crippen molar-refractivity contribution in [3.63, 3.8) is 0 Å². The molecule has 0 saturated heterocycles. The summed E-state index contributed by atoms with van der Waals surface area (Å²) in [7, 11) is 1.65. The Bertz CT molecular complexity index is 765. The monoisotopic (exact) mass is 350 g/mol. The molecule has 7 nitrogen and oxygen atoms in total. The molecule has 2 aromatic heterocycles. The number of nitrogens with zero attached hydrogens (tertiary/aromatic N) is 4. The van der Waals surface area contributed by atoms with E-state index in [2.05, 4.69) is 10.1 Å². The van der Waals surface area contributed by atoms with E-state index in [1.54, 1.807) is 32.5 Å². The van der Waals surface area contributed by atoms with Crippen molar-refractivity contribution in [2.75, 3.05) is 18.6 Å². The summed E-state index contributed by atoms with van der Waals surface area (Å²) in [4.78, 5) is 30.9. The molecule has 1 amide bonds. The lowest BCUT2D eigenvalue weighted by Crippen LogP contribution is -2.33. The zero-order valence-corrected chi connectivity index (χ0v) is 15.6. The number of carbonyl (C=O) groups is 2. The Morgan fingerprint density at radius 1 is 1.38 bits per heavy atom. The predicted molar refractivity (Wildman–Crippen MR) is 92.6 cm³/mol. The molecule has 2 heterocycles. The predicted octanol–water partition coefficient (Wildman–Crippen LogP) is 2.67. The average molecular weight is 350 g/mol. The van der Waals surface area contributed by atoms with Crippen molar-refractivity contribution in [2.24, 2.45) is 0 Å². The van der Waals surface area contributed by atoms with Gasteiger partial charge in [-0.2, -0.15) is 5.10 Å². The highest BCUT2D eigenvalue weighted by Gasteiger charge is 2.26. The normalized spacial score (nSPS) is 12.1. The highest BCUT2D eigenvalue weighted by molar-refractivity contribution is 7.17. The number of likely N-dealkylation sites (N-methyl/N-ethyl adjacent to an activating group) is 1. The van der Waals surface area contributed by atoms with Crippen molar-refractivity contribution in [2.45, 2.75) is 40.7 Å². The second-order valence-electron chi connectivity index (χ2n) is 5.58. The fourth-order valence-corrected chi connectivity index (χ4v) is 3.36. The molecule has 0 aromatic carbocycles. The highest BCUT2D eigenvalue weighted by atomic mass is 32.1. The molecule has 24 heavy (non-hydrogen) atoms. The number of thiazole rings is 1. The van der Waals surface area contributed by atoms with Crippen LogP contribution in [0, 0.1) is 20.8 Å². The van der Waals surface area contributed by atoms with Gasteiger partial charge in [-0.15, -0.1) is 0 Å². The van der Waals surface area contributed by atoms with Crippen LogP contribution in [0.4, 0.5) is 5.13 Å². The summed E-state index contributed by atoms with van der Waals surface area (Å²) in [5.41, 5.74) is 2.35. The van der Waals surface area contributed by atoms with Crippen LogP contribution < -0.4 is 4.90 Å². The number of carbonyl (C=O) groups excluding carboxylic acids is 2. The second-order valence-corrected chi connectivity index (χ2v) is 6.55. The summed E-state index contributed by atoms with van der Waals surface area (Å²) in [6.07, 6.45) is 0. The number of hydrogen-bond acceptors (Lipinski definition) is 6. The molecular formula is C16H22N4O3S. The van der Waals surface area contributed by atoms with Crippen LogP contribution in [0.15, 0.2) is 6.07 Å². The fraction of sp³-hybridized carbons (Fsp3) is 0.500. The molecule has 0 saturated carbocycles. The van der Waals surface area contributed by atoms with E-state index in [9.17, 15) is 9.59 Å². The van der Waals surface area contributed by atoms with Crippen molar-refractivity contribution in [1.29, 1.82) is 0 Å². The van der Waals surface area contributed by atoms with Gasteiger partial charge in [0.15, 0.2) is 5.13 Å². The minimum atomic E-state index is -0.459. The van der Waals surface area contributed by atoms with Gasteiger partial charge in [-0.05, 0) is 40.7 Å². The van der Waals surface area contributed by atoms with Crippen LogP contribution >= 0.6 is 11.3 Å². The summed E-state index contributed by atoms with van der Waals surface area (Å²) in [5.74, 6) is -0.559. The summed E-state index contributed by atoms with van der Waals surface area (Å²) < 4.78 is 6.71. The minimum absolute atomic E-state index is 0.148. The number of anilines is 1. The number of aryl methyl sites for hydroxylation is 3. The molecule has 0 aliphatic heterocycles. The summed E-state index contributed by atoms with van der Waals surface area (Å²) in [6.45, 7) is 9.38. The number of rotatable bonds is 5. The van der Waals surface area contributed by atoms with Gasteiger partial charge in [0.1, 0.15) is 10.9 Å². The van der Waals surface area contributed by atoms with Crippen LogP contribution in [0.3, 0.4) is 0 Å². The van der Waals surface area contributed by atoms with Crippen LogP contribution in [0.1, 0.15) is 46.6 Å². The van der Waals surface area contributed by atoms with Gasteiger partial charge < -0.3 is 4.74 Å². The first-order valence-corrected chi connectivity index (χ1v) is 8.52. The molecule has 0 bridgehead atoms. The first-order chi connectivity index (χ1) is 11.3. The molecule has 0 aliphatic rings. The zero-order valence-electron chi connectivity index (χ0n) is 14.8. The maximum Gasteiger partial charge on any atom is 0.350 e. The van der Waals surface area contributed by atoms with Crippen LogP contribution in [-0.4, -0.2) is 40.3 Å². The quantitative estimate of drug-likeness (QED) is 0.775. The number of esters is 1. The molecule has 8 heteroatoms. The third-order valence-electron chi connectivity index (χ3n) is 3.63. The molecule has 130 valence electrons. The second kappa shape index (κ2) is 7.12. The standard InChI is InChI=1S/C16H22N4O3S/c1-7-23-15(22)13-11(4)17-16(24-13)19(6)14(21)12(5)20-10(3)8-9(2)18-20/h8,12H,7H2,1-6H3. The fourth-order valence-electron chi connectivity index (χ4n) is 2.43. The molecule has 0 radical (unpaired) electrons. The SMILES string of the molecule is CCOC(=O)c1sc(N(C)C(=O)C(C)n2nc(C)cc2C)nc1C. The Hall–Kier alpha value is -2.22. The Balaban J connectivity index is 2.23. The van der Waals surface area contributed by atoms with Crippen LogP contribution in [0.25, 0.3) is 0 Å². The van der Waals surface area contributed by atoms with Gasteiger partial charge in [-0.25, -0.2) is 9.78 Å². The van der Waals surface area contributed by atoms with Crippen LogP contribution in [0.2, 0.25) is 0 Å². The summed E-state index contributed by atoms with van der Waals surface area (Å²) in [6, 6.07) is 1.47. The van der Waals surface area contributed by atoms with Crippen LogP contribution in [-0.2, 0) is 9.53 Å². The maximum atomic E-state index is 12.7. The average Bonchev–Trinajstić information content (AvgIpc) is 3.07. The molecule has 2 rings (SSSR count). The lowest BCUT2D eigenvalue weighted by Gasteiger charge is -2.20. The first-order valence-electron chi connectivity index (χ1n) is 7.71. The number of ether oxygens (including phenoxy) is 1. The topological polar surface area (TPSA) is 77.3 Å². The lowest BCUT2D eigenvalue weighted by molar-refractivity contribution is -0.121. The largest absolute Gasteiger partial charge is 0.462 e. The van der Waals surface area contributed by atoms with Gasteiger partial charge in [-0.1, -0.05) is 11.3 Å². The summed E-state index contributed by atoms with van der Waals surface area (Å²) >= 11 is 1.16. The van der Waals surface area contributed by atoms with Crippen molar-refractivity contribution in [3.8, 4) is 0 Å². The number of hydrogen-bond donors (Lipinski definition) is 0. The minimum Gasteiger partial charge on any atom is -0.462 e. The molecule has 2 aromatic rings. The van der Waals surface area contributed by atoms with Crippen LogP contribution in [0.5, 0.6) is 0 Å². The van der Waals surface area contributed by atoms with E-state index >= 15 is 0 Å². The molecule has 0 aliphatic carbocycles. The van der Waals surface area contributed by atoms with Crippen molar-refractivity contribution in [1.82, 2.24) is 14.8 Å². The van der Waals surface area contributed by atoms with Crippen molar-refractivity contribution < 1.29 is 14.3 Å². The van der Waals surface area contributed by atoms with E-state index in [-0.39, 0.29) is 5.91 Å². The van der Waals surface area contributed by atoms with E-state index in [4.69, 9.17) is 4.74 Å². The molecule has 0 fully saturated rings. The highest BCUT2D eigenvalue weighted by Crippen LogP contribution is 2.27. The molecule has 1 unspecified atom stereocenters. The van der Waals surface area contributed by atoms with Crippen molar-refractivity contribution in [3.05, 3.63) is 28.0 Å². The molecule has 1 atom stereocenters. The first kappa shape index (κ1) is 18.1. The number of amides is 1. The van der Waals surface area contributed by atoms with Gasteiger partial charge in [-0.3, -0.25) is 14.4 Å². The molecule has 0 spiro atoms. The van der Waals surface area contributed by atoms with E-state index in [0.29, 0.717) is 22.3 Å². The third-order valence-corrected chi connectivity index (χ3v) is 4.85. The van der Waals surface area contributed by atoms with Crippen molar-refractivity contribution >= 4 is 28.3 Å². The lowest BCUT2D eigenvalue weighted by atomic mass is 10.3. The van der Waals surface area contributed by atoms with E-state index in [1.807, 2.05) is 19.9 Å². The third kappa shape index (κ3) is 3.48. The number of aromatic nitrogens is 3. The Labute approximate surface area is 145 Å². The van der Waals surface area contributed by atoms with Gasteiger partial charge in [0.05, 0.1) is 18.0 Å². The zero-order chi connectivity index (χ0) is 18.0. The smallest absolute Gasteiger partial charge is 0.350 e. The van der Waals surface area contributed by atoms with E-state index < -0.39 is 12.0 Å². The van der Waals surface area contributed by atoms with E-state index in [0.717, 1.165) is 22.7 Å². The maximum absolute atomic E-state index is 12.7.